The van der Waals surface area contributed by atoms with Gasteiger partial charge in [0.2, 0.25) is 11.8 Å². The second kappa shape index (κ2) is 6.34. The van der Waals surface area contributed by atoms with Crippen molar-refractivity contribution in [3.8, 4) is 0 Å². The molecule has 0 unspecified atom stereocenters. The molecule has 0 aromatic heterocycles. The molecule has 3 rings (SSSR count). The lowest BCUT2D eigenvalue weighted by Crippen LogP contribution is -2.47. The van der Waals surface area contributed by atoms with Crippen LogP contribution in [0.15, 0.2) is 24.3 Å². The van der Waals surface area contributed by atoms with Crippen LogP contribution in [0.4, 0.5) is 0 Å². The molecule has 1 saturated carbocycles. The van der Waals surface area contributed by atoms with Crippen molar-refractivity contribution in [2.75, 3.05) is 13.1 Å². The van der Waals surface area contributed by atoms with E-state index in [1.807, 2.05) is 30.0 Å². The number of hydrogen-bond donors (Lipinski definition) is 1. The zero-order valence-corrected chi connectivity index (χ0v) is 14.1. The van der Waals surface area contributed by atoms with Crippen LogP contribution < -0.4 is 5.32 Å². The molecule has 2 fully saturated rings. The lowest BCUT2D eigenvalue weighted by molar-refractivity contribution is -0.145. The number of benzene rings is 1. The van der Waals surface area contributed by atoms with E-state index in [1.54, 1.807) is 0 Å². The molecule has 1 heterocycles. The maximum atomic E-state index is 12.8. The molecule has 1 aliphatic heterocycles. The van der Waals surface area contributed by atoms with Gasteiger partial charge in [0.15, 0.2) is 0 Å². The van der Waals surface area contributed by atoms with E-state index >= 15 is 0 Å². The number of nitrogens with one attached hydrogen (secondary N) is 1. The van der Waals surface area contributed by atoms with Crippen LogP contribution in [0.25, 0.3) is 0 Å². The topological polar surface area (TPSA) is 49.4 Å². The smallest absolute Gasteiger partial charge is 0.238 e. The molecule has 1 N–H and O–H groups in total. The molecular weight excluding hydrogens is 288 g/mol. The Labute approximate surface area is 138 Å². The Kier molecular flexibility index (Phi) is 4.42. The van der Waals surface area contributed by atoms with Gasteiger partial charge in [0.25, 0.3) is 0 Å². The third-order valence-electron chi connectivity index (χ3n) is 5.20. The Morgan fingerprint density at radius 1 is 1.26 bits per heavy atom. The summed E-state index contributed by atoms with van der Waals surface area (Å²) in [5, 5.41) is 2.97. The van der Waals surface area contributed by atoms with Gasteiger partial charge in [-0.2, -0.15) is 0 Å². The highest BCUT2D eigenvalue weighted by Gasteiger charge is 2.57. The van der Waals surface area contributed by atoms with Crippen LogP contribution in [0.1, 0.15) is 43.7 Å². The van der Waals surface area contributed by atoms with Gasteiger partial charge in [0.05, 0.1) is 0 Å². The van der Waals surface area contributed by atoms with Crippen molar-refractivity contribution >= 4 is 11.8 Å². The van der Waals surface area contributed by atoms with E-state index in [1.165, 1.54) is 5.56 Å². The highest BCUT2D eigenvalue weighted by molar-refractivity contribution is 6.07. The van der Waals surface area contributed by atoms with E-state index in [0.29, 0.717) is 25.3 Å². The first-order valence-corrected chi connectivity index (χ1v) is 8.64. The predicted molar refractivity (Wildman–Crippen MR) is 89.7 cm³/mol. The normalized spacial score (nSPS) is 20.2. The minimum absolute atomic E-state index is 0.0474. The summed E-state index contributed by atoms with van der Waals surface area (Å²) < 4.78 is 0. The second-order valence-corrected chi connectivity index (χ2v) is 7.23. The standard InChI is InChI=1S/C19H26N2O2/c1-14-6-10-21(11-7-14)18(23)19(8-9-19)17(22)20-13-16-5-3-4-15(2)12-16/h3-5,12,14H,6-11,13H2,1-2H3,(H,20,22). The highest BCUT2D eigenvalue weighted by atomic mass is 16.2. The van der Waals surface area contributed by atoms with Crippen LogP contribution in [0.5, 0.6) is 0 Å². The lowest BCUT2D eigenvalue weighted by Gasteiger charge is -2.32. The van der Waals surface area contributed by atoms with E-state index in [4.69, 9.17) is 0 Å². The molecule has 2 amide bonds. The number of hydrogen-bond acceptors (Lipinski definition) is 2. The molecule has 0 bridgehead atoms. The van der Waals surface area contributed by atoms with Gasteiger partial charge < -0.3 is 10.2 Å². The van der Waals surface area contributed by atoms with Crippen LogP contribution in [-0.4, -0.2) is 29.8 Å². The lowest BCUT2D eigenvalue weighted by atomic mass is 9.96. The Bertz CT molecular complexity index is 599. The Balaban J connectivity index is 1.59. The van der Waals surface area contributed by atoms with Gasteiger partial charge in [0, 0.05) is 19.6 Å². The summed E-state index contributed by atoms with van der Waals surface area (Å²) in [6.45, 7) is 6.35. The molecular formula is C19H26N2O2. The van der Waals surface area contributed by atoms with Crippen molar-refractivity contribution in [2.45, 2.75) is 46.1 Å². The average molecular weight is 314 g/mol. The fourth-order valence-corrected chi connectivity index (χ4v) is 3.35. The predicted octanol–water partition coefficient (Wildman–Crippen LogP) is 2.65. The fraction of sp³-hybridized carbons (Fsp3) is 0.579. The number of amides is 2. The number of carbonyl (C=O) groups is 2. The molecule has 2 aliphatic rings. The van der Waals surface area contributed by atoms with E-state index in [0.717, 1.165) is 31.5 Å². The molecule has 1 saturated heterocycles. The summed E-state index contributed by atoms with van der Waals surface area (Å²) in [5.74, 6) is 0.637. The number of rotatable bonds is 4. The maximum absolute atomic E-state index is 12.8. The van der Waals surface area contributed by atoms with Gasteiger partial charge in [-0.25, -0.2) is 0 Å². The SMILES string of the molecule is Cc1cccc(CNC(=O)C2(C(=O)N3CCC(C)CC3)CC2)c1. The van der Waals surface area contributed by atoms with Crippen molar-refractivity contribution in [3.63, 3.8) is 0 Å². The third kappa shape index (κ3) is 3.41. The Morgan fingerprint density at radius 2 is 1.96 bits per heavy atom. The first-order valence-electron chi connectivity index (χ1n) is 8.64. The van der Waals surface area contributed by atoms with E-state index in [9.17, 15) is 9.59 Å². The monoisotopic (exact) mass is 314 g/mol. The van der Waals surface area contributed by atoms with Crippen LogP contribution in [0.2, 0.25) is 0 Å². The summed E-state index contributed by atoms with van der Waals surface area (Å²) in [4.78, 5) is 27.2. The first kappa shape index (κ1) is 16.0. The zero-order valence-electron chi connectivity index (χ0n) is 14.1. The highest BCUT2D eigenvalue weighted by Crippen LogP contribution is 2.48. The van der Waals surface area contributed by atoms with Gasteiger partial charge in [-0.05, 0) is 44.1 Å². The van der Waals surface area contributed by atoms with Crippen molar-refractivity contribution in [1.82, 2.24) is 10.2 Å². The van der Waals surface area contributed by atoms with Gasteiger partial charge in [0.1, 0.15) is 5.41 Å². The number of carbonyl (C=O) groups excluding carboxylic acids is 2. The van der Waals surface area contributed by atoms with Crippen LogP contribution in [0.3, 0.4) is 0 Å². The molecule has 124 valence electrons. The molecule has 1 aliphatic carbocycles. The van der Waals surface area contributed by atoms with E-state index in [2.05, 4.69) is 18.3 Å². The number of likely N-dealkylation sites (tertiary alicyclic amines) is 1. The summed E-state index contributed by atoms with van der Waals surface area (Å²) in [5.41, 5.74) is 1.48. The summed E-state index contributed by atoms with van der Waals surface area (Å²) in [6, 6.07) is 8.09. The first-order chi connectivity index (χ1) is 11.0. The quantitative estimate of drug-likeness (QED) is 0.869. The van der Waals surface area contributed by atoms with Gasteiger partial charge >= 0.3 is 0 Å². The second-order valence-electron chi connectivity index (χ2n) is 7.23. The Morgan fingerprint density at radius 3 is 2.57 bits per heavy atom. The molecule has 0 atom stereocenters. The molecule has 1 aromatic rings. The van der Waals surface area contributed by atoms with E-state index in [-0.39, 0.29) is 11.8 Å². The zero-order chi connectivity index (χ0) is 16.4. The fourth-order valence-electron chi connectivity index (χ4n) is 3.35. The van der Waals surface area contributed by atoms with Crippen molar-refractivity contribution in [1.29, 1.82) is 0 Å². The van der Waals surface area contributed by atoms with Crippen molar-refractivity contribution in [2.24, 2.45) is 11.3 Å². The van der Waals surface area contributed by atoms with Crippen LogP contribution in [0, 0.1) is 18.3 Å². The summed E-state index contributed by atoms with van der Waals surface area (Å²) in [7, 11) is 0. The average Bonchev–Trinajstić information content (AvgIpc) is 3.34. The molecule has 4 nitrogen and oxygen atoms in total. The minimum Gasteiger partial charge on any atom is -0.351 e. The largest absolute Gasteiger partial charge is 0.351 e. The van der Waals surface area contributed by atoms with Crippen molar-refractivity contribution in [3.05, 3.63) is 35.4 Å². The third-order valence-corrected chi connectivity index (χ3v) is 5.20. The summed E-state index contributed by atoms with van der Waals surface area (Å²) >= 11 is 0. The summed E-state index contributed by atoms with van der Waals surface area (Å²) in [6.07, 6.45) is 3.48. The van der Waals surface area contributed by atoms with Gasteiger partial charge in [-0.15, -0.1) is 0 Å². The van der Waals surface area contributed by atoms with E-state index < -0.39 is 5.41 Å². The molecule has 1 aromatic carbocycles. The van der Waals surface area contributed by atoms with Gasteiger partial charge in [-0.1, -0.05) is 36.8 Å². The van der Waals surface area contributed by atoms with Crippen molar-refractivity contribution < 1.29 is 9.59 Å². The molecule has 0 spiro atoms. The van der Waals surface area contributed by atoms with Crippen LogP contribution >= 0.6 is 0 Å². The minimum atomic E-state index is -0.773. The number of piperidine rings is 1. The Hall–Kier alpha value is -1.84. The van der Waals surface area contributed by atoms with Gasteiger partial charge in [-0.3, -0.25) is 9.59 Å². The van der Waals surface area contributed by atoms with Crippen LogP contribution in [-0.2, 0) is 16.1 Å². The molecule has 0 radical (unpaired) electrons. The molecule has 23 heavy (non-hydrogen) atoms. The number of nitrogens with zero attached hydrogens (tertiary/aromatic N) is 1. The number of aryl methyl sites for hydroxylation is 1. The molecule has 4 heteroatoms. The maximum Gasteiger partial charge on any atom is 0.238 e.